The fourth-order valence-electron chi connectivity index (χ4n) is 1.86. The second-order valence-corrected chi connectivity index (χ2v) is 5.51. The number of hydrogen-bond donors (Lipinski definition) is 1. The Bertz CT molecular complexity index is 642. The van der Waals surface area contributed by atoms with Crippen molar-refractivity contribution >= 4 is 34.8 Å². The number of anilines is 1. The van der Waals surface area contributed by atoms with E-state index in [2.05, 4.69) is 10.4 Å². The zero-order valence-electron chi connectivity index (χ0n) is 11.8. The normalized spacial score (nSPS) is 10.5. The summed E-state index contributed by atoms with van der Waals surface area (Å²) in [4.78, 5) is 13.7. The number of aryl methyl sites for hydroxylation is 1. The van der Waals surface area contributed by atoms with Gasteiger partial charge in [-0.1, -0.05) is 29.3 Å². The molecular weight excluding hydrogens is 311 g/mol. The summed E-state index contributed by atoms with van der Waals surface area (Å²) in [6.45, 7) is 0.661. The molecule has 1 N–H and O–H groups in total. The first-order valence-electron chi connectivity index (χ1n) is 6.36. The average molecular weight is 327 g/mol. The SMILES string of the molecule is CN(Cc1cnn(C)c1)C(=O)CNc1cccc(Cl)c1Cl. The van der Waals surface area contributed by atoms with Crippen molar-refractivity contribution in [3.05, 3.63) is 46.2 Å². The highest BCUT2D eigenvalue weighted by Gasteiger charge is 2.11. The summed E-state index contributed by atoms with van der Waals surface area (Å²) in [5, 5.41) is 7.95. The van der Waals surface area contributed by atoms with Gasteiger partial charge >= 0.3 is 0 Å². The predicted molar refractivity (Wildman–Crippen MR) is 84.6 cm³/mol. The summed E-state index contributed by atoms with van der Waals surface area (Å²) in [6, 6.07) is 5.26. The van der Waals surface area contributed by atoms with E-state index in [1.54, 1.807) is 41.0 Å². The fraction of sp³-hybridized carbons (Fsp3) is 0.286. The fourth-order valence-corrected chi connectivity index (χ4v) is 2.23. The van der Waals surface area contributed by atoms with Crippen molar-refractivity contribution < 1.29 is 4.79 Å². The Balaban J connectivity index is 1.90. The van der Waals surface area contributed by atoms with E-state index in [0.717, 1.165) is 5.56 Å². The summed E-state index contributed by atoms with van der Waals surface area (Å²) in [7, 11) is 3.59. The molecular formula is C14H16Cl2N4O. The molecule has 0 radical (unpaired) electrons. The highest BCUT2D eigenvalue weighted by Crippen LogP contribution is 2.29. The van der Waals surface area contributed by atoms with Gasteiger partial charge in [-0.2, -0.15) is 5.10 Å². The van der Waals surface area contributed by atoms with Crippen molar-refractivity contribution in [2.45, 2.75) is 6.54 Å². The zero-order chi connectivity index (χ0) is 15.4. The Morgan fingerprint density at radius 2 is 2.19 bits per heavy atom. The van der Waals surface area contributed by atoms with Crippen LogP contribution >= 0.6 is 23.2 Å². The van der Waals surface area contributed by atoms with Gasteiger partial charge in [-0.05, 0) is 12.1 Å². The number of nitrogens with zero attached hydrogens (tertiary/aromatic N) is 3. The topological polar surface area (TPSA) is 50.2 Å². The van der Waals surface area contributed by atoms with Gasteiger partial charge in [0, 0.05) is 32.4 Å². The molecule has 0 saturated carbocycles. The van der Waals surface area contributed by atoms with Gasteiger partial charge in [-0.3, -0.25) is 9.48 Å². The smallest absolute Gasteiger partial charge is 0.241 e. The molecule has 0 unspecified atom stereocenters. The molecule has 0 saturated heterocycles. The monoisotopic (exact) mass is 326 g/mol. The van der Waals surface area contributed by atoms with E-state index in [-0.39, 0.29) is 12.5 Å². The second kappa shape index (κ2) is 6.83. The zero-order valence-corrected chi connectivity index (χ0v) is 13.3. The lowest BCUT2D eigenvalue weighted by atomic mass is 10.3. The van der Waals surface area contributed by atoms with Crippen LogP contribution in [0.4, 0.5) is 5.69 Å². The number of benzene rings is 1. The van der Waals surface area contributed by atoms with Crippen molar-refractivity contribution in [3.63, 3.8) is 0 Å². The number of carbonyl (C=O) groups is 1. The van der Waals surface area contributed by atoms with E-state index in [1.807, 2.05) is 13.2 Å². The summed E-state index contributed by atoms with van der Waals surface area (Å²) < 4.78 is 1.71. The van der Waals surface area contributed by atoms with Gasteiger partial charge in [-0.25, -0.2) is 0 Å². The van der Waals surface area contributed by atoms with Crippen molar-refractivity contribution in [2.24, 2.45) is 7.05 Å². The Morgan fingerprint density at radius 1 is 1.43 bits per heavy atom. The van der Waals surface area contributed by atoms with Crippen molar-refractivity contribution in [1.82, 2.24) is 14.7 Å². The summed E-state index contributed by atoms with van der Waals surface area (Å²) in [6.07, 6.45) is 3.62. The maximum atomic E-state index is 12.1. The molecule has 1 aromatic heterocycles. The highest BCUT2D eigenvalue weighted by molar-refractivity contribution is 6.43. The number of carbonyl (C=O) groups excluding carboxylic acids is 1. The third-order valence-electron chi connectivity index (χ3n) is 2.99. The molecule has 21 heavy (non-hydrogen) atoms. The lowest BCUT2D eigenvalue weighted by Gasteiger charge is -2.17. The Hall–Kier alpha value is -1.72. The molecule has 0 aliphatic heterocycles. The van der Waals surface area contributed by atoms with Crippen LogP contribution in [0.25, 0.3) is 0 Å². The van der Waals surface area contributed by atoms with E-state index in [0.29, 0.717) is 22.3 Å². The lowest BCUT2D eigenvalue weighted by Crippen LogP contribution is -2.31. The van der Waals surface area contributed by atoms with Crippen molar-refractivity contribution in [1.29, 1.82) is 0 Å². The van der Waals surface area contributed by atoms with Gasteiger partial charge in [0.25, 0.3) is 0 Å². The maximum absolute atomic E-state index is 12.1. The number of nitrogens with one attached hydrogen (secondary N) is 1. The number of rotatable bonds is 5. The predicted octanol–water partition coefficient (Wildman–Crippen LogP) is 2.80. The summed E-state index contributed by atoms with van der Waals surface area (Å²) in [5.41, 5.74) is 1.63. The van der Waals surface area contributed by atoms with Crippen LogP contribution in [0, 0.1) is 0 Å². The molecule has 1 heterocycles. The molecule has 1 amide bonds. The molecule has 0 fully saturated rings. The van der Waals surface area contributed by atoms with Gasteiger partial charge < -0.3 is 10.2 Å². The van der Waals surface area contributed by atoms with Crippen LogP contribution in [0.1, 0.15) is 5.56 Å². The van der Waals surface area contributed by atoms with Crippen LogP contribution in [-0.4, -0.2) is 34.2 Å². The van der Waals surface area contributed by atoms with Crippen LogP contribution in [0.15, 0.2) is 30.6 Å². The molecule has 0 spiro atoms. The molecule has 5 nitrogen and oxygen atoms in total. The lowest BCUT2D eigenvalue weighted by molar-refractivity contribution is -0.128. The van der Waals surface area contributed by atoms with E-state index < -0.39 is 0 Å². The molecule has 0 aliphatic rings. The van der Waals surface area contributed by atoms with Crippen LogP contribution in [0.5, 0.6) is 0 Å². The van der Waals surface area contributed by atoms with Gasteiger partial charge in [0.2, 0.25) is 5.91 Å². The van der Waals surface area contributed by atoms with Crippen LogP contribution < -0.4 is 5.32 Å². The minimum absolute atomic E-state index is 0.0464. The van der Waals surface area contributed by atoms with Gasteiger partial charge in [0.05, 0.1) is 28.5 Å². The third kappa shape index (κ3) is 4.12. The maximum Gasteiger partial charge on any atom is 0.241 e. The molecule has 112 valence electrons. The summed E-state index contributed by atoms with van der Waals surface area (Å²) >= 11 is 12.0. The number of amides is 1. The van der Waals surface area contributed by atoms with E-state index in [4.69, 9.17) is 23.2 Å². The number of likely N-dealkylation sites (N-methyl/N-ethyl adjacent to an activating group) is 1. The third-order valence-corrected chi connectivity index (χ3v) is 3.80. The highest BCUT2D eigenvalue weighted by atomic mass is 35.5. The van der Waals surface area contributed by atoms with E-state index in [9.17, 15) is 4.79 Å². The average Bonchev–Trinajstić information content (AvgIpc) is 2.85. The molecule has 2 aromatic rings. The van der Waals surface area contributed by atoms with Crippen LogP contribution in [-0.2, 0) is 18.4 Å². The van der Waals surface area contributed by atoms with Gasteiger partial charge in [0.15, 0.2) is 0 Å². The largest absolute Gasteiger partial charge is 0.375 e. The van der Waals surface area contributed by atoms with Crippen LogP contribution in [0.3, 0.4) is 0 Å². The first-order chi connectivity index (χ1) is 9.97. The summed E-state index contributed by atoms with van der Waals surface area (Å²) in [5.74, 6) is -0.0464. The molecule has 7 heteroatoms. The van der Waals surface area contributed by atoms with E-state index in [1.165, 1.54) is 0 Å². The quantitative estimate of drug-likeness (QED) is 0.919. The van der Waals surface area contributed by atoms with E-state index >= 15 is 0 Å². The van der Waals surface area contributed by atoms with Crippen LogP contribution in [0.2, 0.25) is 10.0 Å². The number of halogens is 2. The standard InChI is InChI=1S/C14H16Cl2N4O/c1-19(8-10-6-18-20(2)9-10)13(21)7-17-12-5-3-4-11(15)14(12)16/h3-6,9,17H,7-8H2,1-2H3. The first-order valence-corrected chi connectivity index (χ1v) is 7.12. The number of hydrogen-bond acceptors (Lipinski definition) is 3. The molecule has 1 aromatic carbocycles. The molecule has 0 aliphatic carbocycles. The Morgan fingerprint density at radius 3 is 2.86 bits per heavy atom. The Labute approximate surface area is 133 Å². The molecule has 0 bridgehead atoms. The minimum atomic E-state index is -0.0464. The molecule has 0 atom stereocenters. The minimum Gasteiger partial charge on any atom is -0.375 e. The number of aromatic nitrogens is 2. The van der Waals surface area contributed by atoms with Crippen molar-refractivity contribution in [3.8, 4) is 0 Å². The molecule has 2 rings (SSSR count). The van der Waals surface area contributed by atoms with Crippen molar-refractivity contribution in [2.75, 3.05) is 18.9 Å². The second-order valence-electron chi connectivity index (χ2n) is 4.73. The first kappa shape index (κ1) is 15.7. The van der Waals surface area contributed by atoms with Gasteiger partial charge in [0.1, 0.15) is 0 Å². The van der Waals surface area contributed by atoms with Gasteiger partial charge in [-0.15, -0.1) is 0 Å². The Kier molecular flexibility index (Phi) is 5.09.